The van der Waals surface area contributed by atoms with E-state index in [0.29, 0.717) is 11.7 Å². The van der Waals surface area contributed by atoms with Gasteiger partial charge in [0.2, 0.25) is 0 Å². The van der Waals surface area contributed by atoms with E-state index in [-0.39, 0.29) is 12.6 Å². The molecule has 0 heterocycles. The van der Waals surface area contributed by atoms with Crippen molar-refractivity contribution in [2.45, 2.75) is 26.0 Å². The van der Waals surface area contributed by atoms with E-state index in [2.05, 4.69) is 13.8 Å². The maximum Gasteiger partial charge on any atom is 0.0861 e. The molecule has 2 atom stereocenters. The Balaban J connectivity index is 3.30. The van der Waals surface area contributed by atoms with Gasteiger partial charge in [-0.3, -0.25) is 0 Å². The Hall–Kier alpha value is 0.230. The van der Waals surface area contributed by atoms with Crippen LogP contribution in [-0.2, 0) is 0 Å². The molecular formula is C8H19NO2S. The summed E-state index contributed by atoms with van der Waals surface area (Å²) in [5.41, 5.74) is 5.78. The SMILES string of the molecule is CC(C)C(N)CSCC(O)CO. The summed E-state index contributed by atoms with van der Waals surface area (Å²) in [6.07, 6.45) is -0.602. The number of nitrogens with two attached hydrogens (primary N) is 1. The Kier molecular flexibility index (Phi) is 6.84. The van der Waals surface area contributed by atoms with Gasteiger partial charge in [0.25, 0.3) is 0 Å². The molecule has 0 aromatic carbocycles. The van der Waals surface area contributed by atoms with Gasteiger partial charge in [0.1, 0.15) is 0 Å². The first-order valence-corrected chi connectivity index (χ1v) is 5.35. The Labute approximate surface area is 78.3 Å². The zero-order valence-electron chi connectivity index (χ0n) is 7.73. The van der Waals surface area contributed by atoms with Crippen LogP contribution < -0.4 is 5.73 Å². The van der Waals surface area contributed by atoms with Gasteiger partial charge in [-0.25, -0.2) is 0 Å². The molecule has 0 spiro atoms. The molecule has 0 bridgehead atoms. The molecule has 4 heteroatoms. The third-order valence-electron chi connectivity index (χ3n) is 1.69. The van der Waals surface area contributed by atoms with Gasteiger partial charge in [0.05, 0.1) is 12.7 Å². The lowest BCUT2D eigenvalue weighted by molar-refractivity contribution is 0.113. The van der Waals surface area contributed by atoms with Crippen LogP contribution in [0.4, 0.5) is 0 Å². The van der Waals surface area contributed by atoms with E-state index < -0.39 is 6.10 Å². The van der Waals surface area contributed by atoms with Gasteiger partial charge in [0, 0.05) is 17.5 Å². The molecule has 0 saturated carbocycles. The Morgan fingerprint density at radius 2 is 1.92 bits per heavy atom. The van der Waals surface area contributed by atoms with Crippen LogP contribution in [0.1, 0.15) is 13.8 Å². The predicted octanol–water partition coefficient (Wildman–Crippen LogP) is 0.0561. The second kappa shape index (κ2) is 6.71. The molecule has 12 heavy (non-hydrogen) atoms. The quantitative estimate of drug-likeness (QED) is 0.558. The number of thioether (sulfide) groups is 1. The minimum absolute atomic E-state index is 0.163. The van der Waals surface area contributed by atoms with Crippen molar-refractivity contribution in [3.05, 3.63) is 0 Å². The molecule has 4 N–H and O–H groups in total. The Morgan fingerprint density at radius 1 is 1.33 bits per heavy atom. The van der Waals surface area contributed by atoms with E-state index in [1.165, 1.54) is 0 Å². The van der Waals surface area contributed by atoms with Crippen LogP contribution in [0, 0.1) is 5.92 Å². The minimum Gasteiger partial charge on any atom is -0.394 e. The van der Waals surface area contributed by atoms with E-state index in [1.807, 2.05) is 0 Å². The third-order valence-corrected chi connectivity index (χ3v) is 2.93. The van der Waals surface area contributed by atoms with Crippen LogP contribution in [0.15, 0.2) is 0 Å². The predicted molar refractivity (Wildman–Crippen MR) is 53.2 cm³/mol. The summed E-state index contributed by atoms with van der Waals surface area (Å²) < 4.78 is 0. The lowest BCUT2D eigenvalue weighted by atomic mass is 10.1. The molecule has 0 fully saturated rings. The van der Waals surface area contributed by atoms with Gasteiger partial charge in [-0.05, 0) is 5.92 Å². The first-order chi connectivity index (χ1) is 5.57. The van der Waals surface area contributed by atoms with Crippen LogP contribution >= 0.6 is 11.8 Å². The van der Waals surface area contributed by atoms with Crippen LogP contribution in [0.25, 0.3) is 0 Å². The van der Waals surface area contributed by atoms with Crippen LogP contribution in [0.2, 0.25) is 0 Å². The topological polar surface area (TPSA) is 66.5 Å². The largest absolute Gasteiger partial charge is 0.394 e. The second-order valence-corrected chi connectivity index (χ2v) is 4.36. The molecular weight excluding hydrogens is 174 g/mol. The molecule has 0 aromatic rings. The molecule has 0 aliphatic heterocycles. The van der Waals surface area contributed by atoms with Crippen LogP contribution in [-0.4, -0.2) is 40.5 Å². The zero-order chi connectivity index (χ0) is 9.56. The van der Waals surface area contributed by atoms with Crippen LogP contribution in [0.5, 0.6) is 0 Å². The molecule has 0 aromatic heterocycles. The highest BCUT2D eigenvalue weighted by Crippen LogP contribution is 2.09. The molecule has 0 amide bonds. The summed E-state index contributed by atoms with van der Waals surface area (Å²) in [4.78, 5) is 0. The molecule has 0 aliphatic carbocycles. The number of aliphatic hydroxyl groups is 2. The third kappa shape index (κ3) is 5.83. The normalized spacial score (nSPS) is 16.5. The van der Waals surface area contributed by atoms with Gasteiger partial charge in [-0.15, -0.1) is 0 Å². The maximum absolute atomic E-state index is 9.00. The van der Waals surface area contributed by atoms with Crippen molar-refractivity contribution in [2.24, 2.45) is 11.7 Å². The van der Waals surface area contributed by atoms with Crippen molar-refractivity contribution in [3.8, 4) is 0 Å². The summed E-state index contributed by atoms with van der Waals surface area (Å²) in [6.45, 7) is 3.99. The van der Waals surface area contributed by atoms with E-state index in [1.54, 1.807) is 11.8 Å². The lowest BCUT2D eigenvalue weighted by Gasteiger charge is -2.15. The standard InChI is InChI=1S/C8H19NO2S/c1-6(2)8(9)5-12-4-7(11)3-10/h6-8,10-11H,3-5,9H2,1-2H3. The van der Waals surface area contributed by atoms with Gasteiger partial charge >= 0.3 is 0 Å². The first kappa shape index (κ1) is 12.2. The van der Waals surface area contributed by atoms with Crippen molar-refractivity contribution in [1.82, 2.24) is 0 Å². The van der Waals surface area contributed by atoms with E-state index in [9.17, 15) is 0 Å². The van der Waals surface area contributed by atoms with Gasteiger partial charge in [0.15, 0.2) is 0 Å². The van der Waals surface area contributed by atoms with E-state index in [0.717, 1.165) is 5.75 Å². The smallest absolute Gasteiger partial charge is 0.0861 e. The Morgan fingerprint density at radius 3 is 2.33 bits per heavy atom. The number of hydrogen-bond donors (Lipinski definition) is 3. The molecule has 3 nitrogen and oxygen atoms in total. The second-order valence-electron chi connectivity index (χ2n) is 3.28. The summed E-state index contributed by atoms with van der Waals surface area (Å²) in [6, 6.07) is 0.181. The molecule has 0 rings (SSSR count). The van der Waals surface area contributed by atoms with Crippen molar-refractivity contribution in [2.75, 3.05) is 18.1 Å². The van der Waals surface area contributed by atoms with Crippen molar-refractivity contribution < 1.29 is 10.2 Å². The highest BCUT2D eigenvalue weighted by Gasteiger charge is 2.08. The molecule has 0 aliphatic rings. The number of aliphatic hydroxyl groups excluding tert-OH is 2. The molecule has 74 valence electrons. The van der Waals surface area contributed by atoms with Crippen LogP contribution in [0.3, 0.4) is 0 Å². The number of hydrogen-bond acceptors (Lipinski definition) is 4. The first-order valence-electron chi connectivity index (χ1n) is 4.20. The van der Waals surface area contributed by atoms with Gasteiger partial charge < -0.3 is 15.9 Å². The van der Waals surface area contributed by atoms with Gasteiger partial charge in [-0.1, -0.05) is 13.8 Å². The fourth-order valence-corrected chi connectivity index (χ4v) is 1.76. The molecule has 0 saturated heterocycles. The van der Waals surface area contributed by atoms with E-state index >= 15 is 0 Å². The van der Waals surface area contributed by atoms with E-state index in [4.69, 9.17) is 15.9 Å². The summed E-state index contributed by atoms with van der Waals surface area (Å²) in [7, 11) is 0. The minimum atomic E-state index is -0.602. The average Bonchev–Trinajstić information content (AvgIpc) is 2.03. The average molecular weight is 193 g/mol. The summed E-state index contributed by atoms with van der Waals surface area (Å²) in [5, 5.41) is 17.5. The Bertz CT molecular complexity index is 111. The lowest BCUT2D eigenvalue weighted by Crippen LogP contribution is -2.29. The summed E-state index contributed by atoms with van der Waals surface area (Å²) in [5.74, 6) is 1.88. The fourth-order valence-electron chi connectivity index (χ4n) is 0.585. The van der Waals surface area contributed by atoms with Crippen molar-refractivity contribution >= 4 is 11.8 Å². The van der Waals surface area contributed by atoms with Crippen molar-refractivity contribution in [1.29, 1.82) is 0 Å². The van der Waals surface area contributed by atoms with Crippen molar-refractivity contribution in [3.63, 3.8) is 0 Å². The molecule has 0 radical (unpaired) electrons. The number of rotatable bonds is 6. The highest BCUT2D eigenvalue weighted by molar-refractivity contribution is 7.99. The van der Waals surface area contributed by atoms with Gasteiger partial charge in [-0.2, -0.15) is 11.8 Å². The zero-order valence-corrected chi connectivity index (χ0v) is 8.55. The fraction of sp³-hybridized carbons (Fsp3) is 1.00. The maximum atomic E-state index is 9.00. The summed E-state index contributed by atoms with van der Waals surface area (Å²) >= 11 is 1.59. The molecule has 2 unspecified atom stereocenters. The highest BCUT2D eigenvalue weighted by atomic mass is 32.2. The monoisotopic (exact) mass is 193 g/mol.